The van der Waals surface area contributed by atoms with Gasteiger partial charge in [0.15, 0.2) is 5.13 Å². The van der Waals surface area contributed by atoms with Crippen molar-refractivity contribution in [1.82, 2.24) is 9.88 Å². The van der Waals surface area contributed by atoms with Gasteiger partial charge in [0, 0.05) is 41.7 Å². The number of nitrogens with one attached hydrogen (secondary N) is 1. The zero-order valence-electron chi connectivity index (χ0n) is 15.1. The lowest BCUT2D eigenvalue weighted by molar-refractivity contribution is -0.116. The van der Waals surface area contributed by atoms with Gasteiger partial charge >= 0.3 is 0 Å². The fourth-order valence-corrected chi connectivity index (χ4v) is 4.75. The molecule has 0 spiro atoms. The number of carbonyl (C=O) groups is 1. The van der Waals surface area contributed by atoms with Crippen LogP contribution in [-0.2, 0) is 17.8 Å². The highest BCUT2D eigenvalue weighted by Gasteiger charge is 2.22. The van der Waals surface area contributed by atoms with E-state index in [0.29, 0.717) is 12.5 Å². The van der Waals surface area contributed by atoms with Crippen molar-refractivity contribution < 1.29 is 9.18 Å². The summed E-state index contributed by atoms with van der Waals surface area (Å²) in [6.45, 7) is 6.37. The molecule has 1 N–H and O–H groups in total. The van der Waals surface area contributed by atoms with Crippen molar-refractivity contribution in [2.45, 2.75) is 50.6 Å². The Kier molecular flexibility index (Phi) is 6.67. The van der Waals surface area contributed by atoms with Gasteiger partial charge in [-0.2, -0.15) is 0 Å². The van der Waals surface area contributed by atoms with Crippen LogP contribution in [0.2, 0.25) is 0 Å². The van der Waals surface area contributed by atoms with Gasteiger partial charge in [-0.15, -0.1) is 23.1 Å². The molecule has 0 saturated heterocycles. The Hall–Kier alpha value is -1.44. The largest absolute Gasteiger partial charge is 0.302 e. The van der Waals surface area contributed by atoms with Crippen molar-refractivity contribution in [3.8, 4) is 0 Å². The van der Waals surface area contributed by atoms with E-state index < -0.39 is 0 Å². The summed E-state index contributed by atoms with van der Waals surface area (Å²) in [6, 6.07) is 6.97. The molecular formula is C19H24FN3OS2. The Labute approximate surface area is 162 Å². The minimum Gasteiger partial charge on any atom is -0.302 e. The maximum absolute atomic E-state index is 12.9. The average Bonchev–Trinajstić information content (AvgIpc) is 3.01. The maximum atomic E-state index is 12.9. The molecule has 140 valence electrons. The molecule has 2 heterocycles. The lowest BCUT2D eigenvalue weighted by atomic mass is 10.1. The topological polar surface area (TPSA) is 45.2 Å². The van der Waals surface area contributed by atoms with Crippen LogP contribution >= 0.6 is 23.1 Å². The number of rotatable bonds is 7. The van der Waals surface area contributed by atoms with Gasteiger partial charge in [-0.1, -0.05) is 0 Å². The van der Waals surface area contributed by atoms with Crippen molar-refractivity contribution in [3.63, 3.8) is 0 Å². The number of aromatic nitrogens is 1. The third-order valence-corrected chi connectivity index (χ3v) is 6.46. The molecule has 3 rings (SSSR count). The number of benzene rings is 1. The molecule has 0 atom stereocenters. The van der Waals surface area contributed by atoms with Crippen molar-refractivity contribution >= 4 is 34.1 Å². The van der Waals surface area contributed by atoms with E-state index in [2.05, 4.69) is 29.0 Å². The predicted molar refractivity (Wildman–Crippen MR) is 106 cm³/mol. The van der Waals surface area contributed by atoms with E-state index in [1.165, 1.54) is 17.0 Å². The molecule has 0 saturated carbocycles. The van der Waals surface area contributed by atoms with E-state index in [1.807, 2.05) is 0 Å². The van der Waals surface area contributed by atoms with Crippen molar-refractivity contribution in [1.29, 1.82) is 0 Å². The summed E-state index contributed by atoms with van der Waals surface area (Å²) in [5.74, 6) is 0.615. The molecule has 1 aliphatic rings. The number of amides is 1. The number of thioether (sulfide) groups is 1. The molecular weight excluding hydrogens is 369 g/mol. The molecule has 1 aromatic carbocycles. The number of thiazole rings is 1. The number of nitrogens with zero attached hydrogens (tertiary/aromatic N) is 2. The van der Waals surface area contributed by atoms with Crippen LogP contribution < -0.4 is 5.32 Å². The Balaban J connectivity index is 1.42. The van der Waals surface area contributed by atoms with Gasteiger partial charge in [0.25, 0.3) is 0 Å². The fourth-order valence-electron chi connectivity index (χ4n) is 2.84. The molecule has 2 aromatic rings. The minimum atomic E-state index is -0.226. The lowest BCUT2D eigenvalue weighted by Gasteiger charge is -2.29. The Morgan fingerprint density at radius 1 is 1.38 bits per heavy atom. The maximum Gasteiger partial charge on any atom is 0.226 e. The SMILES string of the molecule is CC(C)N1CCc2nc(NC(=O)CCCSc3ccc(F)cc3)sc2C1. The quantitative estimate of drug-likeness (QED) is 0.553. The lowest BCUT2D eigenvalue weighted by Crippen LogP contribution is -2.35. The van der Waals surface area contributed by atoms with E-state index >= 15 is 0 Å². The molecule has 0 unspecified atom stereocenters. The molecule has 7 heteroatoms. The first-order valence-corrected chi connectivity index (χ1v) is 10.7. The van der Waals surface area contributed by atoms with Crippen LogP contribution in [0.5, 0.6) is 0 Å². The van der Waals surface area contributed by atoms with Crippen LogP contribution in [0.15, 0.2) is 29.2 Å². The monoisotopic (exact) mass is 393 g/mol. The predicted octanol–water partition coefficient (Wildman–Crippen LogP) is 4.56. The zero-order chi connectivity index (χ0) is 18.5. The normalized spacial score (nSPS) is 14.5. The molecule has 1 amide bonds. The Bertz CT molecular complexity index is 746. The van der Waals surface area contributed by atoms with Gasteiger partial charge in [0.2, 0.25) is 5.91 Å². The number of hydrogen-bond acceptors (Lipinski definition) is 5. The number of hydrogen-bond donors (Lipinski definition) is 1. The summed E-state index contributed by atoms with van der Waals surface area (Å²) in [4.78, 5) is 21.5. The van der Waals surface area contributed by atoms with Gasteiger partial charge in [-0.25, -0.2) is 9.37 Å². The zero-order valence-corrected chi connectivity index (χ0v) is 16.8. The van der Waals surface area contributed by atoms with Gasteiger partial charge in [0.05, 0.1) is 5.69 Å². The van der Waals surface area contributed by atoms with Crippen LogP contribution in [-0.4, -0.2) is 34.1 Å². The third kappa shape index (κ3) is 5.28. The van der Waals surface area contributed by atoms with Crippen molar-refractivity contribution in [3.05, 3.63) is 40.7 Å². The van der Waals surface area contributed by atoms with Crippen LogP contribution in [0.25, 0.3) is 0 Å². The Morgan fingerprint density at radius 3 is 2.88 bits per heavy atom. The third-order valence-electron chi connectivity index (χ3n) is 4.37. The summed E-state index contributed by atoms with van der Waals surface area (Å²) in [6.07, 6.45) is 2.20. The molecule has 0 radical (unpaired) electrons. The summed E-state index contributed by atoms with van der Waals surface area (Å²) in [5, 5.41) is 3.66. The first-order chi connectivity index (χ1) is 12.5. The minimum absolute atomic E-state index is 0.0107. The number of carbonyl (C=O) groups excluding carboxylic acids is 1. The number of halogens is 1. The van der Waals surface area contributed by atoms with Gasteiger partial charge < -0.3 is 5.32 Å². The van der Waals surface area contributed by atoms with E-state index in [4.69, 9.17) is 0 Å². The fraction of sp³-hybridized carbons (Fsp3) is 0.474. The number of fused-ring (bicyclic) bond motifs is 1. The standard InChI is InChI=1S/C19H24FN3OS2/c1-13(2)23-10-9-16-17(12-23)26-19(21-16)22-18(24)4-3-11-25-15-7-5-14(20)6-8-15/h5-8,13H,3-4,9-12H2,1-2H3,(H,21,22,24). The van der Waals surface area contributed by atoms with E-state index in [0.717, 1.165) is 47.4 Å². The number of anilines is 1. The van der Waals surface area contributed by atoms with Crippen molar-refractivity contribution in [2.24, 2.45) is 0 Å². The van der Waals surface area contributed by atoms with Gasteiger partial charge in [-0.05, 0) is 50.3 Å². The molecule has 0 fully saturated rings. The van der Waals surface area contributed by atoms with Crippen LogP contribution in [0.1, 0.15) is 37.3 Å². The molecule has 0 aliphatic carbocycles. The van der Waals surface area contributed by atoms with Gasteiger partial charge in [-0.3, -0.25) is 9.69 Å². The average molecular weight is 394 g/mol. The van der Waals surface area contributed by atoms with Crippen LogP contribution in [0.4, 0.5) is 9.52 Å². The Morgan fingerprint density at radius 2 is 2.15 bits per heavy atom. The molecule has 4 nitrogen and oxygen atoms in total. The van der Waals surface area contributed by atoms with Gasteiger partial charge in [0.1, 0.15) is 5.82 Å². The molecule has 26 heavy (non-hydrogen) atoms. The summed E-state index contributed by atoms with van der Waals surface area (Å²) >= 11 is 3.23. The highest BCUT2D eigenvalue weighted by atomic mass is 32.2. The second-order valence-electron chi connectivity index (χ2n) is 6.66. The molecule has 1 aliphatic heterocycles. The van der Waals surface area contributed by atoms with E-state index in [1.54, 1.807) is 35.2 Å². The van der Waals surface area contributed by atoms with Crippen LogP contribution in [0, 0.1) is 5.82 Å². The van der Waals surface area contributed by atoms with E-state index in [-0.39, 0.29) is 11.7 Å². The summed E-state index contributed by atoms with van der Waals surface area (Å²) in [5.41, 5.74) is 1.13. The second-order valence-corrected chi connectivity index (χ2v) is 8.91. The smallest absolute Gasteiger partial charge is 0.226 e. The summed E-state index contributed by atoms with van der Waals surface area (Å²) < 4.78 is 12.9. The first kappa shape index (κ1) is 19.3. The van der Waals surface area contributed by atoms with Crippen molar-refractivity contribution in [2.75, 3.05) is 17.6 Å². The first-order valence-electron chi connectivity index (χ1n) is 8.92. The second kappa shape index (κ2) is 8.97. The van der Waals surface area contributed by atoms with Crippen LogP contribution in [0.3, 0.4) is 0 Å². The molecule has 1 aromatic heterocycles. The highest BCUT2D eigenvalue weighted by Crippen LogP contribution is 2.29. The summed E-state index contributed by atoms with van der Waals surface area (Å²) in [7, 11) is 0. The molecule has 0 bridgehead atoms. The van der Waals surface area contributed by atoms with E-state index in [9.17, 15) is 9.18 Å². The highest BCUT2D eigenvalue weighted by molar-refractivity contribution is 7.99.